The molecule has 0 aliphatic heterocycles. The Bertz CT molecular complexity index is 306. The highest BCUT2D eigenvalue weighted by molar-refractivity contribution is 5.93. The van der Waals surface area contributed by atoms with Crippen molar-refractivity contribution in [1.82, 2.24) is 5.43 Å². The van der Waals surface area contributed by atoms with Crippen molar-refractivity contribution in [3.8, 4) is 0 Å². The van der Waals surface area contributed by atoms with Crippen molar-refractivity contribution in [3.05, 3.63) is 36.9 Å². The Hall–Kier alpha value is -1.55. The number of nitrogens with one attached hydrogen (secondary N) is 1. The van der Waals surface area contributed by atoms with E-state index >= 15 is 0 Å². The summed E-state index contributed by atoms with van der Waals surface area (Å²) in [4.78, 5) is 13.3. The molecule has 0 aromatic heterocycles. The van der Waals surface area contributed by atoms with Crippen LogP contribution < -0.4 is 15.8 Å². The molecule has 0 spiro atoms. The maximum Gasteiger partial charge on any atom is 0.293 e. The van der Waals surface area contributed by atoms with E-state index in [9.17, 15) is 4.79 Å². The van der Waals surface area contributed by atoms with Crippen LogP contribution in [0.25, 0.3) is 0 Å². The maximum absolute atomic E-state index is 11.3. The van der Waals surface area contributed by atoms with Gasteiger partial charge in [0.25, 0.3) is 5.91 Å². The van der Waals surface area contributed by atoms with Crippen molar-refractivity contribution in [2.24, 2.45) is 0 Å². The first-order valence-corrected chi connectivity index (χ1v) is 4.34. The molecule has 1 aromatic carbocycles. The van der Waals surface area contributed by atoms with Crippen LogP contribution in [0.15, 0.2) is 24.3 Å². The molecular weight excluding hydrogens is 178 g/mol. The molecule has 1 rings (SSSR count). The van der Waals surface area contributed by atoms with Gasteiger partial charge in [-0.25, -0.2) is 5.43 Å². The van der Waals surface area contributed by atoms with Crippen molar-refractivity contribution in [2.75, 3.05) is 19.0 Å². The lowest BCUT2D eigenvalue weighted by Gasteiger charge is -2.12. The van der Waals surface area contributed by atoms with Gasteiger partial charge in [0.2, 0.25) is 0 Å². The van der Waals surface area contributed by atoms with E-state index in [2.05, 4.69) is 12.5 Å². The smallest absolute Gasteiger partial charge is 0.293 e. The summed E-state index contributed by atoms with van der Waals surface area (Å²) >= 11 is 0. The van der Waals surface area contributed by atoms with E-state index in [1.54, 1.807) is 12.1 Å². The number of rotatable bonds is 3. The molecule has 0 bridgehead atoms. The van der Waals surface area contributed by atoms with E-state index < -0.39 is 0 Å². The lowest BCUT2D eigenvalue weighted by atomic mass is 10.2. The molecule has 0 atom stereocenters. The molecule has 0 heterocycles. The molecule has 14 heavy (non-hydrogen) atoms. The number of anilines is 1. The van der Waals surface area contributed by atoms with Gasteiger partial charge in [-0.3, -0.25) is 4.79 Å². The van der Waals surface area contributed by atoms with E-state index in [1.165, 1.54) is 5.43 Å². The second-order valence-electron chi connectivity index (χ2n) is 3.12. The quantitative estimate of drug-likeness (QED) is 0.301. The Kier molecular flexibility index (Phi) is 3.48. The van der Waals surface area contributed by atoms with E-state index in [0.717, 1.165) is 5.69 Å². The van der Waals surface area contributed by atoms with Crippen LogP contribution in [0.1, 0.15) is 10.4 Å². The van der Waals surface area contributed by atoms with Gasteiger partial charge < -0.3 is 10.3 Å². The molecular formula is C10H15N3O. The molecule has 0 unspecified atom stereocenters. The zero-order chi connectivity index (χ0) is 10.6. The number of nitrogens with zero attached hydrogens (tertiary/aromatic N) is 1. The first-order valence-electron chi connectivity index (χ1n) is 4.34. The third-order valence-corrected chi connectivity index (χ3v) is 1.88. The molecule has 0 aliphatic carbocycles. The number of amides is 1. The fraction of sp³-hybridized carbons (Fsp3) is 0.200. The fourth-order valence-corrected chi connectivity index (χ4v) is 1.09. The highest BCUT2D eigenvalue weighted by atomic mass is 16.2. The minimum atomic E-state index is -0.134. The van der Waals surface area contributed by atoms with E-state index in [1.807, 2.05) is 31.1 Å². The number of benzene rings is 1. The zero-order valence-electron chi connectivity index (χ0n) is 8.45. The van der Waals surface area contributed by atoms with Crippen LogP contribution in [-0.2, 0) is 0 Å². The summed E-state index contributed by atoms with van der Waals surface area (Å²) < 4.78 is 0. The standard InChI is InChI=1S/C10H15N3O/c1-11-12-10(14)8-4-6-9(7-5-8)13(2)3/h4-7H,1,11H2,2-3H3,(H,12,14). The van der Waals surface area contributed by atoms with E-state index in [4.69, 9.17) is 0 Å². The predicted molar refractivity (Wildman–Crippen MR) is 55.5 cm³/mol. The zero-order valence-corrected chi connectivity index (χ0v) is 8.45. The van der Waals surface area contributed by atoms with Crippen LogP contribution in [0.3, 0.4) is 0 Å². The summed E-state index contributed by atoms with van der Waals surface area (Å²) in [5.41, 5.74) is 5.60. The Balaban J connectivity index is 2.78. The molecule has 3 N–H and O–H groups in total. The minimum Gasteiger partial charge on any atom is -0.378 e. The topological polar surface area (TPSA) is 49.0 Å². The number of hydrogen-bond donors (Lipinski definition) is 2. The normalized spacial score (nSPS) is 9.64. The number of nitrogen functional groups attached to an aromatic ring is 1. The van der Waals surface area contributed by atoms with Crippen molar-refractivity contribution < 1.29 is 10.2 Å². The average molecular weight is 193 g/mol. The summed E-state index contributed by atoms with van der Waals surface area (Å²) in [6, 6.07) is 7.37. The van der Waals surface area contributed by atoms with Crippen LogP contribution in [0, 0.1) is 7.05 Å². The van der Waals surface area contributed by atoms with Gasteiger partial charge in [0.1, 0.15) is 0 Å². The van der Waals surface area contributed by atoms with Crippen molar-refractivity contribution in [2.45, 2.75) is 0 Å². The number of carbonyl (C=O) groups excluding carboxylic acids is 1. The van der Waals surface area contributed by atoms with Crippen LogP contribution in [0.4, 0.5) is 5.69 Å². The second-order valence-corrected chi connectivity index (χ2v) is 3.12. The molecule has 1 amide bonds. The van der Waals surface area contributed by atoms with Gasteiger partial charge >= 0.3 is 0 Å². The second kappa shape index (κ2) is 4.62. The summed E-state index contributed by atoms with van der Waals surface area (Å²) in [5.74, 6) is -0.134. The van der Waals surface area contributed by atoms with Crippen LogP contribution in [-0.4, -0.2) is 20.0 Å². The fourth-order valence-electron chi connectivity index (χ4n) is 1.09. The molecule has 1 aromatic rings. The largest absolute Gasteiger partial charge is 0.378 e. The van der Waals surface area contributed by atoms with Crippen LogP contribution >= 0.6 is 0 Å². The Morgan fingerprint density at radius 3 is 2.36 bits per heavy atom. The molecule has 76 valence electrons. The Morgan fingerprint density at radius 2 is 1.93 bits per heavy atom. The van der Waals surface area contributed by atoms with Crippen LogP contribution in [0.2, 0.25) is 0 Å². The number of quaternary nitrogens is 1. The first kappa shape index (κ1) is 10.5. The summed E-state index contributed by atoms with van der Waals surface area (Å²) in [6.07, 6.45) is 0. The van der Waals surface area contributed by atoms with Gasteiger partial charge in [-0.2, -0.15) is 0 Å². The molecule has 0 saturated carbocycles. The van der Waals surface area contributed by atoms with Gasteiger partial charge in [0, 0.05) is 25.3 Å². The maximum atomic E-state index is 11.3. The van der Waals surface area contributed by atoms with Crippen molar-refractivity contribution in [1.29, 1.82) is 0 Å². The summed E-state index contributed by atoms with van der Waals surface area (Å²) in [7, 11) is 7.35. The van der Waals surface area contributed by atoms with Crippen molar-refractivity contribution in [3.63, 3.8) is 0 Å². The Morgan fingerprint density at radius 1 is 1.36 bits per heavy atom. The number of nitrogens with two attached hydrogens (primary N) is 1. The molecule has 4 nitrogen and oxygen atoms in total. The van der Waals surface area contributed by atoms with Crippen molar-refractivity contribution >= 4 is 11.6 Å². The van der Waals surface area contributed by atoms with Crippen LogP contribution in [0.5, 0.6) is 0 Å². The average Bonchev–Trinajstić information content (AvgIpc) is 2.18. The van der Waals surface area contributed by atoms with Gasteiger partial charge in [-0.15, -0.1) is 7.05 Å². The molecule has 0 saturated heterocycles. The van der Waals surface area contributed by atoms with Gasteiger partial charge in [0.15, 0.2) is 0 Å². The minimum absolute atomic E-state index is 0.134. The molecule has 0 radical (unpaired) electrons. The van der Waals surface area contributed by atoms with E-state index in [-0.39, 0.29) is 5.91 Å². The third-order valence-electron chi connectivity index (χ3n) is 1.88. The predicted octanol–water partition coefficient (Wildman–Crippen LogP) is -0.248. The number of hydrogen-bond acceptors (Lipinski definition) is 2. The van der Waals surface area contributed by atoms with Gasteiger partial charge in [-0.1, -0.05) is 0 Å². The third kappa shape index (κ3) is 2.47. The highest BCUT2D eigenvalue weighted by Crippen LogP contribution is 2.11. The van der Waals surface area contributed by atoms with E-state index in [0.29, 0.717) is 5.56 Å². The molecule has 0 fully saturated rings. The number of carbonyl (C=O) groups is 1. The van der Waals surface area contributed by atoms with Gasteiger partial charge in [0.05, 0.1) is 0 Å². The first-order chi connectivity index (χ1) is 6.65. The van der Waals surface area contributed by atoms with Gasteiger partial charge in [-0.05, 0) is 24.3 Å². The monoisotopic (exact) mass is 193 g/mol. The Labute approximate surface area is 83.9 Å². The lowest BCUT2D eigenvalue weighted by molar-refractivity contribution is -0.641. The summed E-state index contributed by atoms with van der Waals surface area (Å²) in [6.45, 7) is 0. The highest BCUT2D eigenvalue weighted by Gasteiger charge is 2.04. The molecule has 4 heteroatoms. The lowest BCUT2D eigenvalue weighted by Crippen LogP contribution is -2.88. The SMILES string of the molecule is [CH2-][NH2+]NC(=O)c1ccc(N(C)C)cc1. The molecule has 0 aliphatic rings. The summed E-state index contributed by atoms with van der Waals surface area (Å²) in [5, 5.41) is 0.